The van der Waals surface area contributed by atoms with Crippen molar-refractivity contribution in [3.8, 4) is 0 Å². The molecule has 0 radical (unpaired) electrons. The van der Waals surface area contributed by atoms with Gasteiger partial charge in [-0.05, 0) is 30.5 Å². The highest BCUT2D eigenvalue weighted by Crippen LogP contribution is 2.35. The molecule has 1 aliphatic heterocycles. The first-order valence-corrected chi connectivity index (χ1v) is 7.82. The number of aryl methyl sites for hydroxylation is 1. The second kappa shape index (κ2) is 6.71. The van der Waals surface area contributed by atoms with Crippen molar-refractivity contribution in [3.05, 3.63) is 83.1 Å². The number of carboxylic acid groups (broad SMARTS) is 1. The minimum Gasteiger partial charge on any atom is -0.475 e. The molecule has 0 aromatic heterocycles. The lowest BCUT2D eigenvalue weighted by atomic mass is 9.80. The normalized spacial score (nSPS) is 20.2. The van der Waals surface area contributed by atoms with Gasteiger partial charge in [-0.15, -0.1) is 0 Å². The minimum absolute atomic E-state index is 0.296. The molecule has 122 valence electrons. The zero-order valence-electron chi connectivity index (χ0n) is 13.3. The molecule has 0 saturated heterocycles. The van der Waals surface area contributed by atoms with Crippen LogP contribution in [0.15, 0.2) is 66.4 Å². The Morgan fingerprint density at radius 1 is 1.08 bits per heavy atom. The van der Waals surface area contributed by atoms with Gasteiger partial charge in [-0.25, -0.2) is 4.79 Å². The Hall–Kier alpha value is -2.88. The van der Waals surface area contributed by atoms with E-state index in [1.54, 1.807) is 6.08 Å². The van der Waals surface area contributed by atoms with Gasteiger partial charge in [0.1, 0.15) is 0 Å². The molecule has 1 N–H and O–H groups in total. The molecule has 4 nitrogen and oxygen atoms in total. The topological polar surface area (TPSA) is 63.6 Å². The van der Waals surface area contributed by atoms with E-state index in [4.69, 9.17) is 4.74 Å². The third kappa shape index (κ3) is 3.38. The fraction of sp³-hybridized carbons (Fsp3) is 0.200. The van der Waals surface area contributed by atoms with E-state index in [0.717, 1.165) is 16.7 Å². The molecule has 24 heavy (non-hydrogen) atoms. The summed E-state index contributed by atoms with van der Waals surface area (Å²) in [7, 11) is 0. The Labute approximate surface area is 140 Å². The first-order valence-electron chi connectivity index (χ1n) is 7.82. The van der Waals surface area contributed by atoms with Crippen LogP contribution >= 0.6 is 0 Å². The summed E-state index contributed by atoms with van der Waals surface area (Å²) in [5, 5.41) is 9.20. The number of carbonyl (C=O) groups is 2. The Morgan fingerprint density at radius 3 is 2.38 bits per heavy atom. The third-order valence-electron chi connectivity index (χ3n) is 4.25. The van der Waals surface area contributed by atoms with Gasteiger partial charge in [-0.2, -0.15) is 0 Å². The summed E-state index contributed by atoms with van der Waals surface area (Å²) in [5.41, 5.74) is 3.04. The van der Waals surface area contributed by atoms with Crippen molar-refractivity contribution in [2.24, 2.45) is 5.92 Å². The molecule has 0 fully saturated rings. The van der Waals surface area contributed by atoms with Crippen molar-refractivity contribution in [1.29, 1.82) is 0 Å². The highest BCUT2D eigenvalue weighted by atomic mass is 16.6. The Kier molecular flexibility index (Phi) is 4.47. The van der Waals surface area contributed by atoms with E-state index in [2.05, 4.69) is 0 Å². The number of cyclic esters (lactones) is 1. The summed E-state index contributed by atoms with van der Waals surface area (Å²) >= 11 is 0. The smallest absolute Gasteiger partial charge is 0.371 e. The summed E-state index contributed by atoms with van der Waals surface area (Å²) in [6.45, 7) is 1.99. The Morgan fingerprint density at radius 2 is 1.75 bits per heavy atom. The summed E-state index contributed by atoms with van der Waals surface area (Å²) in [6.07, 6.45) is 2.05. The summed E-state index contributed by atoms with van der Waals surface area (Å²) < 4.78 is 5.03. The van der Waals surface area contributed by atoms with Gasteiger partial charge in [0.05, 0.1) is 5.92 Å². The lowest BCUT2D eigenvalue weighted by Gasteiger charge is -2.28. The molecule has 2 atom stereocenters. The highest BCUT2D eigenvalue weighted by molar-refractivity contribution is 5.90. The van der Waals surface area contributed by atoms with E-state index >= 15 is 0 Å². The monoisotopic (exact) mass is 322 g/mol. The van der Waals surface area contributed by atoms with Gasteiger partial charge < -0.3 is 9.84 Å². The van der Waals surface area contributed by atoms with Gasteiger partial charge in [0.25, 0.3) is 0 Å². The first kappa shape index (κ1) is 16.0. The number of rotatable bonds is 4. The maximum atomic E-state index is 12.4. The largest absolute Gasteiger partial charge is 0.475 e. The number of hydrogen-bond donors (Lipinski definition) is 1. The van der Waals surface area contributed by atoms with Gasteiger partial charge >= 0.3 is 11.9 Å². The molecule has 0 amide bonds. The maximum Gasteiger partial charge on any atom is 0.371 e. The van der Waals surface area contributed by atoms with E-state index in [0.29, 0.717) is 6.42 Å². The third-order valence-corrected chi connectivity index (χ3v) is 4.25. The highest BCUT2D eigenvalue weighted by Gasteiger charge is 2.36. The van der Waals surface area contributed by atoms with Crippen LogP contribution in [0.4, 0.5) is 0 Å². The molecule has 0 spiro atoms. The van der Waals surface area contributed by atoms with Crippen LogP contribution < -0.4 is 0 Å². The van der Waals surface area contributed by atoms with Crippen LogP contribution in [0.3, 0.4) is 0 Å². The molecular weight excluding hydrogens is 304 g/mol. The van der Waals surface area contributed by atoms with E-state index in [-0.39, 0.29) is 11.7 Å². The van der Waals surface area contributed by atoms with E-state index in [9.17, 15) is 14.7 Å². The molecule has 3 rings (SSSR count). The number of ether oxygens (including phenoxy) is 1. The number of benzene rings is 2. The SMILES string of the molecule is Cc1ccc(C2C=C(C(=O)O)OC(=O)C2Cc2ccccc2)cc1. The number of carboxylic acids is 1. The van der Waals surface area contributed by atoms with Crippen LogP contribution in [0.25, 0.3) is 0 Å². The van der Waals surface area contributed by atoms with Gasteiger partial charge in [-0.3, -0.25) is 4.79 Å². The second-order valence-corrected chi connectivity index (χ2v) is 5.99. The molecule has 4 heteroatoms. The molecule has 0 aliphatic carbocycles. The van der Waals surface area contributed by atoms with E-state index < -0.39 is 17.9 Å². The molecule has 2 unspecified atom stereocenters. The van der Waals surface area contributed by atoms with Crippen molar-refractivity contribution >= 4 is 11.9 Å². The summed E-state index contributed by atoms with van der Waals surface area (Å²) in [6, 6.07) is 17.5. The van der Waals surface area contributed by atoms with Crippen LogP contribution in [0.1, 0.15) is 22.6 Å². The molecular formula is C20H18O4. The van der Waals surface area contributed by atoms with Gasteiger partial charge in [0, 0.05) is 5.92 Å². The zero-order chi connectivity index (χ0) is 17.1. The molecule has 2 aromatic rings. The van der Waals surface area contributed by atoms with Crippen LogP contribution in [-0.2, 0) is 20.7 Å². The predicted octanol–water partition coefficient (Wildman–Crippen LogP) is 3.46. The zero-order valence-corrected chi connectivity index (χ0v) is 13.3. The molecule has 2 aromatic carbocycles. The quantitative estimate of drug-likeness (QED) is 0.876. The van der Waals surface area contributed by atoms with Crippen molar-refractivity contribution in [1.82, 2.24) is 0 Å². The average molecular weight is 322 g/mol. The van der Waals surface area contributed by atoms with Crippen molar-refractivity contribution in [2.75, 3.05) is 0 Å². The fourth-order valence-corrected chi connectivity index (χ4v) is 2.95. The molecule has 1 heterocycles. The lowest BCUT2D eigenvalue weighted by molar-refractivity contribution is -0.153. The Balaban J connectivity index is 1.99. The van der Waals surface area contributed by atoms with Crippen LogP contribution in [0.5, 0.6) is 0 Å². The summed E-state index contributed by atoms with van der Waals surface area (Å²) in [4.78, 5) is 23.7. The molecule has 1 aliphatic rings. The minimum atomic E-state index is -1.22. The molecule has 0 saturated carbocycles. The van der Waals surface area contributed by atoms with Crippen molar-refractivity contribution in [3.63, 3.8) is 0 Å². The number of carbonyl (C=O) groups excluding carboxylic acids is 1. The van der Waals surface area contributed by atoms with Crippen LogP contribution in [0, 0.1) is 12.8 Å². The van der Waals surface area contributed by atoms with Crippen molar-refractivity contribution < 1.29 is 19.4 Å². The lowest BCUT2D eigenvalue weighted by Crippen LogP contribution is -2.31. The number of aliphatic carboxylic acids is 1. The van der Waals surface area contributed by atoms with Crippen molar-refractivity contribution in [2.45, 2.75) is 19.3 Å². The second-order valence-electron chi connectivity index (χ2n) is 5.99. The summed E-state index contributed by atoms with van der Waals surface area (Å²) in [5.74, 6) is -2.78. The van der Waals surface area contributed by atoms with Gasteiger partial charge in [-0.1, -0.05) is 60.2 Å². The average Bonchev–Trinajstić information content (AvgIpc) is 2.58. The van der Waals surface area contributed by atoms with Gasteiger partial charge in [0.2, 0.25) is 5.76 Å². The first-order chi connectivity index (χ1) is 11.5. The van der Waals surface area contributed by atoms with E-state index in [1.165, 1.54) is 0 Å². The number of hydrogen-bond acceptors (Lipinski definition) is 3. The maximum absolute atomic E-state index is 12.4. The fourth-order valence-electron chi connectivity index (χ4n) is 2.95. The predicted molar refractivity (Wildman–Crippen MR) is 89.4 cm³/mol. The standard InChI is InChI=1S/C20H18O4/c1-13-7-9-15(10-8-13)16-12-18(19(21)22)24-20(23)17(16)11-14-5-3-2-4-6-14/h2-10,12,16-17H,11H2,1H3,(H,21,22). The van der Waals surface area contributed by atoms with E-state index in [1.807, 2.05) is 61.5 Å². The van der Waals surface area contributed by atoms with Crippen LogP contribution in [0.2, 0.25) is 0 Å². The number of esters is 1. The van der Waals surface area contributed by atoms with Gasteiger partial charge in [0.15, 0.2) is 0 Å². The Bertz CT molecular complexity index is 775. The molecule has 0 bridgehead atoms. The van der Waals surface area contributed by atoms with Crippen LogP contribution in [-0.4, -0.2) is 17.0 Å². The number of allylic oxidation sites excluding steroid dienone is 1.